The van der Waals surface area contributed by atoms with E-state index >= 15 is 0 Å². The lowest BCUT2D eigenvalue weighted by Gasteiger charge is -2.33. The Balaban J connectivity index is 1.58. The van der Waals surface area contributed by atoms with Crippen molar-refractivity contribution < 1.29 is 9.59 Å². The number of imide groups is 1. The SMILES string of the molecule is O=C1NC2(CCc3ccccc3C2)C(=O)N1CC1CCC1. The van der Waals surface area contributed by atoms with E-state index in [0.29, 0.717) is 18.9 Å². The number of hydrogen-bond acceptors (Lipinski definition) is 2. The number of carbonyl (C=O) groups excluding carboxylic acids is 2. The normalized spacial score (nSPS) is 28.5. The standard InChI is InChI=1S/C17H20N2O2/c20-15-17(9-8-13-6-1-2-7-14(13)10-17)18-16(21)19(15)11-12-4-3-5-12/h1-2,6-7,12H,3-5,8-11H2,(H,18,21). The fourth-order valence-corrected chi connectivity index (χ4v) is 3.80. The summed E-state index contributed by atoms with van der Waals surface area (Å²) in [6.07, 6.45) is 5.73. The number of aryl methyl sites for hydroxylation is 1. The molecule has 1 atom stereocenters. The van der Waals surface area contributed by atoms with Crippen LogP contribution in [0.3, 0.4) is 0 Å². The van der Waals surface area contributed by atoms with Crippen molar-refractivity contribution in [2.24, 2.45) is 5.92 Å². The lowest BCUT2D eigenvalue weighted by Crippen LogP contribution is -2.51. The van der Waals surface area contributed by atoms with Crippen molar-refractivity contribution in [1.29, 1.82) is 0 Å². The number of urea groups is 1. The molecule has 1 aliphatic heterocycles. The Morgan fingerprint density at radius 2 is 1.95 bits per heavy atom. The summed E-state index contributed by atoms with van der Waals surface area (Å²) in [6.45, 7) is 0.605. The molecule has 0 aromatic heterocycles. The summed E-state index contributed by atoms with van der Waals surface area (Å²) in [5.74, 6) is 0.514. The maximum absolute atomic E-state index is 12.8. The minimum absolute atomic E-state index is 0.00565. The maximum Gasteiger partial charge on any atom is 0.325 e. The van der Waals surface area contributed by atoms with Gasteiger partial charge in [0, 0.05) is 13.0 Å². The zero-order chi connectivity index (χ0) is 14.4. The van der Waals surface area contributed by atoms with Crippen LogP contribution in [0.1, 0.15) is 36.8 Å². The lowest BCUT2D eigenvalue weighted by atomic mass is 9.77. The molecule has 21 heavy (non-hydrogen) atoms. The molecule has 2 aliphatic carbocycles. The van der Waals surface area contributed by atoms with Crippen LogP contribution in [0.15, 0.2) is 24.3 Å². The van der Waals surface area contributed by atoms with Gasteiger partial charge >= 0.3 is 6.03 Å². The van der Waals surface area contributed by atoms with E-state index in [4.69, 9.17) is 0 Å². The molecule has 110 valence electrons. The summed E-state index contributed by atoms with van der Waals surface area (Å²) in [6, 6.07) is 8.05. The molecule has 0 radical (unpaired) electrons. The predicted molar refractivity (Wildman–Crippen MR) is 78.8 cm³/mol. The van der Waals surface area contributed by atoms with Crippen LogP contribution in [-0.4, -0.2) is 28.9 Å². The molecule has 1 N–H and O–H groups in total. The average molecular weight is 284 g/mol. The average Bonchev–Trinajstić information content (AvgIpc) is 2.66. The molecule has 1 spiro atoms. The van der Waals surface area contributed by atoms with Gasteiger partial charge in [0.1, 0.15) is 5.54 Å². The smallest absolute Gasteiger partial charge is 0.323 e. The van der Waals surface area contributed by atoms with Gasteiger partial charge in [0.15, 0.2) is 0 Å². The van der Waals surface area contributed by atoms with Crippen LogP contribution in [0.5, 0.6) is 0 Å². The van der Waals surface area contributed by atoms with Gasteiger partial charge in [0.05, 0.1) is 0 Å². The van der Waals surface area contributed by atoms with E-state index in [9.17, 15) is 9.59 Å². The van der Waals surface area contributed by atoms with Gasteiger partial charge in [-0.05, 0) is 42.7 Å². The summed E-state index contributed by atoms with van der Waals surface area (Å²) in [5, 5.41) is 3.00. The molecule has 1 heterocycles. The highest BCUT2D eigenvalue weighted by atomic mass is 16.2. The van der Waals surface area contributed by atoms with Gasteiger partial charge in [-0.1, -0.05) is 30.7 Å². The Bertz CT molecular complexity index is 609. The van der Waals surface area contributed by atoms with E-state index in [-0.39, 0.29) is 11.9 Å². The van der Waals surface area contributed by atoms with Crippen molar-refractivity contribution in [1.82, 2.24) is 10.2 Å². The summed E-state index contributed by atoms with van der Waals surface area (Å²) in [4.78, 5) is 26.5. The molecule has 3 aliphatic rings. The third kappa shape index (κ3) is 1.96. The van der Waals surface area contributed by atoms with Crippen LogP contribution >= 0.6 is 0 Å². The molecule has 4 heteroatoms. The van der Waals surface area contributed by atoms with Crippen LogP contribution in [0.4, 0.5) is 4.79 Å². The van der Waals surface area contributed by atoms with E-state index in [1.807, 2.05) is 12.1 Å². The third-order valence-electron chi connectivity index (χ3n) is 5.34. The number of carbonyl (C=O) groups is 2. The quantitative estimate of drug-likeness (QED) is 0.847. The molecule has 2 fully saturated rings. The van der Waals surface area contributed by atoms with Crippen LogP contribution in [0, 0.1) is 5.92 Å². The highest BCUT2D eigenvalue weighted by Gasteiger charge is 2.52. The first-order valence-electron chi connectivity index (χ1n) is 7.89. The molecule has 1 saturated carbocycles. The minimum atomic E-state index is -0.685. The number of amides is 3. The highest BCUT2D eigenvalue weighted by molar-refractivity contribution is 6.07. The first-order chi connectivity index (χ1) is 10.2. The predicted octanol–water partition coefficient (Wildman–Crippen LogP) is 2.27. The lowest BCUT2D eigenvalue weighted by molar-refractivity contribution is -0.132. The molecule has 1 unspecified atom stereocenters. The van der Waals surface area contributed by atoms with Gasteiger partial charge in [-0.25, -0.2) is 4.79 Å². The highest BCUT2D eigenvalue weighted by Crippen LogP contribution is 2.35. The Kier molecular flexibility index (Phi) is 2.81. The second-order valence-corrected chi connectivity index (χ2v) is 6.67. The Morgan fingerprint density at radius 3 is 2.67 bits per heavy atom. The number of nitrogens with one attached hydrogen (secondary N) is 1. The van der Waals surface area contributed by atoms with E-state index in [1.165, 1.54) is 22.4 Å². The van der Waals surface area contributed by atoms with Crippen molar-refractivity contribution in [3.8, 4) is 0 Å². The monoisotopic (exact) mass is 284 g/mol. The molecule has 4 nitrogen and oxygen atoms in total. The van der Waals surface area contributed by atoms with Crippen molar-refractivity contribution in [3.63, 3.8) is 0 Å². The fourth-order valence-electron chi connectivity index (χ4n) is 3.80. The van der Waals surface area contributed by atoms with Crippen LogP contribution in [0.25, 0.3) is 0 Å². The zero-order valence-electron chi connectivity index (χ0n) is 12.1. The summed E-state index contributed by atoms with van der Waals surface area (Å²) in [5.41, 5.74) is 1.82. The minimum Gasteiger partial charge on any atom is -0.323 e. The maximum atomic E-state index is 12.8. The Labute approximate surface area is 124 Å². The fraction of sp³-hybridized carbons (Fsp3) is 0.529. The van der Waals surface area contributed by atoms with Gasteiger partial charge in [0.25, 0.3) is 5.91 Å². The van der Waals surface area contributed by atoms with E-state index in [2.05, 4.69) is 17.4 Å². The van der Waals surface area contributed by atoms with E-state index < -0.39 is 5.54 Å². The van der Waals surface area contributed by atoms with Gasteiger partial charge in [-0.3, -0.25) is 9.69 Å². The first kappa shape index (κ1) is 12.9. The summed E-state index contributed by atoms with van der Waals surface area (Å²) >= 11 is 0. The molecule has 1 saturated heterocycles. The van der Waals surface area contributed by atoms with Gasteiger partial charge in [-0.2, -0.15) is 0 Å². The number of benzene rings is 1. The molecule has 1 aromatic carbocycles. The third-order valence-corrected chi connectivity index (χ3v) is 5.34. The van der Waals surface area contributed by atoms with Crippen LogP contribution < -0.4 is 5.32 Å². The largest absolute Gasteiger partial charge is 0.325 e. The number of fused-ring (bicyclic) bond motifs is 1. The molecule has 1 aromatic rings. The second kappa shape index (κ2) is 4.58. The van der Waals surface area contributed by atoms with E-state index in [0.717, 1.165) is 25.7 Å². The topological polar surface area (TPSA) is 49.4 Å². The molecule has 3 amide bonds. The molecular formula is C17H20N2O2. The van der Waals surface area contributed by atoms with E-state index in [1.54, 1.807) is 0 Å². The van der Waals surface area contributed by atoms with Crippen molar-refractivity contribution in [2.75, 3.05) is 6.54 Å². The summed E-state index contributed by atoms with van der Waals surface area (Å²) in [7, 11) is 0. The first-order valence-corrected chi connectivity index (χ1v) is 7.89. The van der Waals surface area contributed by atoms with Crippen molar-refractivity contribution in [2.45, 2.75) is 44.1 Å². The van der Waals surface area contributed by atoms with Crippen molar-refractivity contribution >= 4 is 11.9 Å². The van der Waals surface area contributed by atoms with Gasteiger partial charge < -0.3 is 5.32 Å². The number of rotatable bonds is 2. The van der Waals surface area contributed by atoms with Crippen LogP contribution in [0.2, 0.25) is 0 Å². The Hall–Kier alpha value is -1.84. The number of hydrogen-bond donors (Lipinski definition) is 1. The Morgan fingerprint density at radius 1 is 1.19 bits per heavy atom. The molecular weight excluding hydrogens is 264 g/mol. The number of nitrogens with zero attached hydrogens (tertiary/aromatic N) is 1. The van der Waals surface area contributed by atoms with Crippen molar-refractivity contribution in [3.05, 3.63) is 35.4 Å². The zero-order valence-corrected chi connectivity index (χ0v) is 12.1. The van der Waals surface area contributed by atoms with Gasteiger partial charge in [-0.15, -0.1) is 0 Å². The van der Waals surface area contributed by atoms with Gasteiger partial charge in [0.2, 0.25) is 0 Å². The summed E-state index contributed by atoms with van der Waals surface area (Å²) < 4.78 is 0. The van der Waals surface area contributed by atoms with Crippen LogP contribution in [-0.2, 0) is 17.6 Å². The second-order valence-electron chi connectivity index (χ2n) is 6.67. The molecule has 0 bridgehead atoms. The molecule has 4 rings (SSSR count).